The number of carbonyl (C=O) groups excluding carboxylic acids is 2. The van der Waals surface area contributed by atoms with Gasteiger partial charge in [0, 0.05) is 51.5 Å². The molecule has 1 aliphatic rings. The molecule has 1 fully saturated rings. The van der Waals surface area contributed by atoms with E-state index in [-0.39, 0.29) is 18.4 Å². The fourth-order valence-electron chi connectivity index (χ4n) is 2.28. The molecular formula is C15H22N4O2. The van der Waals surface area contributed by atoms with E-state index in [1.807, 2.05) is 18.2 Å². The van der Waals surface area contributed by atoms with Crippen molar-refractivity contribution < 1.29 is 9.59 Å². The molecule has 1 aromatic heterocycles. The van der Waals surface area contributed by atoms with Gasteiger partial charge in [-0.05, 0) is 18.6 Å². The lowest BCUT2D eigenvalue weighted by atomic mass is 10.2. The number of hydrogen-bond acceptors (Lipinski definition) is 4. The first-order chi connectivity index (χ1) is 10.2. The summed E-state index contributed by atoms with van der Waals surface area (Å²) in [7, 11) is 1.68. The minimum atomic E-state index is -0.0239. The second-order valence-corrected chi connectivity index (χ2v) is 5.20. The highest BCUT2D eigenvalue weighted by atomic mass is 16.2. The number of rotatable bonds is 5. The molecule has 0 atom stereocenters. The van der Waals surface area contributed by atoms with Gasteiger partial charge in [-0.25, -0.2) is 0 Å². The Morgan fingerprint density at radius 2 is 2.10 bits per heavy atom. The molecule has 21 heavy (non-hydrogen) atoms. The van der Waals surface area contributed by atoms with E-state index < -0.39 is 0 Å². The molecule has 1 aromatic rings. The Morgan fingerprint density at radius 1 is 1.33 bits per heavy atom. The van der Waals surface area contributed by atoms with Crippen LogP contribution in [0, 0.1) is 0 Å². The number of nitrogens with zero attached hydrogens (tertiary/aromatic N) is 3. The molecule has 2 amide bonds. The summed E-state index contributed by atoms with van der Waals surface area (Å²) in [5, 5.41) is 3.20. The van der Waals surface area contributed by atoms with E-state index in [0.29, 0.717) is 12.8 Å². The first-order valence-corrected chi connectivity index (χ1v) is 7.29. The number of piperazine rings is 1. The Hall–Kier alpha value is -1.95. The van der Waals surface area contributed by atoms with Crippen molar-refractivity contribution in [3.8, 4) is 0 Å². The Labute approximate surface area is 125 Å². The quantitative estimate of drug-likeness (QED) is 0.823. The van der Waals surface area contributed by atoms with Crippen molar-refractivity contribution in [2.24, 2.45) is 0 Å². The van der Waals surface area contributed by atoms with Crippen LogP contribution in [0.25, 0.3) is 0 Å². The normalized spacial score (nSPS) is 14.8. The third-order valence-electron chi connectivity index (χ3n) is 3.59. The van der Waals surface area contributed by atoms with E-state index in [1.54, 1.807) is 18.1 Å². The number of carbonyl (C=O) groups is 2. The lowest BCUT2D eigenvalue weighted by Crippen LogP contribution is -2.49. The van der Waals surface area contributed by atoms with Crippen LogP contribution in [-0.2, 0) is 16.0 Å². The molecule has 0 spiro atoms. The minimum absolute atomic E-state index is 0.0187. The van der Waals surface area contributed by atoms with Gasteiger partial charge in [0.05, 0.1) is 6.54 Å². The zero-order valence-electron chi connectivity index (χ0n) is 12.4. The second-order valence-electron chi connectivity index (χ2n) is 5.20. The van der Waals surface area contributed by atoms with E-state index in [0.717, 1.165) is 31.9 Å². The third kappa shape index (κ3) is 4.82. The maximum atomic E-state index is 12.1. The van der Waals surface area contributed by atoms with Crippen molar-refractivity contribution in [1.82, 2.24) is 20.1 Å². The fourth-order valence-corrected chi connectivity index (χ4v) is 2.28. The maximum absolute atomic E-state index is 12.1. The lowest BCUT2D eigenvalue weighted by Gasteiger charge is -2.29. The van der Waals surface area contributed by atoms with Crippen LogP contribution in [0.5, 0.6) is 0 Å². The summed E-state index contributed by atoms with van der Waals surface area (Å²) >= 11 is 0. The first kappa shape index (κ1) is 15.4. The molecule has 0 radical (unpaired) electrons. The molecule has 0 unspecified atom stereocenters. The predicted octanol–water partition coefficient (Wildman–Crippen LogP) is -0.0956. The molecule has 6 nitrogen and oxygen atoms in total. The zero-order valence-corrected chi connectivity index (χ0v) is 12.4. The summed E-state index contributed by atoms with van der Waals surface area (Å²) < 4.78 is 0. The highest BCUT2D eigenvalue weighted by Crippen LogP contribution is 2.02. The highest BCUT2D eigenvalue weighted by molar-refractivity contribution is 5.84. The molecule has 114 valence electrons. The lowest BCUT2D eigenvalue weighted by molar-refractivity contribution is -0.139. The largest absolute Gasteiger partial charge is 0.339 e. The van der Waals surface area contributed by atoms with Gasteiger partial charge in [-0.3, -0.25) is 14.6 Å². The Kier molecular flexibility index (Phi) is 5.68. The van der Waals surface area contributed by atoms with Crippen molar-refractivity contribution in [3.05, 3.63) is 30.1 Å². The standard InChI is InChI=1S/C15H22N4O2/c1-18(12-15(21)19-10-8-16-9-11-19)14(20)6-5-13-4-2-3-7-17-13/h2-4,7,16H,5-6,8-12H2,1H3. The molecule has 0 bridgehead atoms. The Morgan fingerprint density at radius 3 is 2.76 bits per heavy atom. The van der Waals surface area contributed by atoms with Crippen LogP contribution in [0.1, 0.15) is 12.1 Å². The summed E-state index contributed by atoms with van der Waals surface area (Å²) in [5.41, 5.74) is 0.896. The van der Waals surface area contributed by atoms with E-state index in [1.165, 1.54) is 4.90 Å². The number of likely N-dealkylation sites (N-methyl/N-ethyl adjacent to an activating group) is 1. The van der Waals surface area contributed by atoms with Gasteiger partial charge >= 0.3 is 0 Å². The fraction of sp³-hybridized carbons (Fsp3) is 0.533. The van der Waals surface area contributed by atoms with Gasteiger partial charge < -0.3 is 15.1 Å². The molecule has 1 N–H and O–H groups in total. The summed E-state index contributed by atoms with van der Waals surface area (Å²) in [4.78, 5) is 31.6. The first-order valence-electron chi connectivity index (χ1n) is 7.29. The topological polar surface area (TPSA) is 65.5 Å². The Balaban J connectivity index is 1.75. The summed E-state index contributed by atoms with van der Waals surface area (Å²) in [5.74, 6) is -0.00526. The van der Waals surface area contributed by atoms with Crippen molar-refractivity contribution in [2.45, 2.75) is 12.8 Å². The van der Waals surface area contributed by atoms with E-state index in [9.17, 15) is 9.59 Å². The average molecular weight is 290 g/mol. The van der Waals surface area contributed by atoms with Crippen LogP contribution < -0.4 is 5.32 Å². The van der Waals surface area contributed by atoms with Gasteiger partial charge in [0.15, 0.2) is 0 Å². The molecule has 6 heteroatoms. The van der Waals surface area contributed by atoms with Gasteiger partial charge in [0.2, 0.25) is 11.8 Å². The average Bonchev–Trinajstić information content (AvgIpc) is 2.54. The van der Waals surface area contributed by atoms with Gasteiger partial charge in [-0.1, -0.05) is 6.07 Å². The van der Waals surface area contributed by atoms with Crippen LogP contribution in [0.2, 0.25) is 0 Å². The van der Waals surface area contributed by atoms with Crippen LogP contribution >= 0.6 is 0 Å². The van der Waals surface area contributed by atoms with Crippen molar-refractivity contribution in [3.63, 3.8) is 0 Å². The predicted molar refractivity (Wildman–Crippen MR) is 79.6 cm³/mol. The monoisotopic (exact) mass is 290 g/mol. The van der Waals surface area contributed by atoms with Crippen molar-refractivity contribution in [2.75, 3.05) is 39.8 Å². The number of hydrogen-bond donors (Lipinski definition) is 1. The van der Waals surface area contributed by atoms with Gasteiger partial charge in [0.1, 0.15) is 0 Å². The molecule has 0 aliphatic carbocycles. The number of amides is 2. The maximum Gasteiger partial charge on any atom is 0.242 e. The molecule has 2 heterocycles. The van der Waals surface area contributed by atoms with E-state index in [4.69, 9.17) is 0 Å². The molecule has 0 aromatic carbocycles. The van der Waals surface area contributed by atoms with E-state index >= 15 is 0 Å². The summed E-state index contributed by atoms with van der Waals surface area (Å²) in [6, 6.07) is 5.66. The van der Waals surface area contributed by atoms with Crippen molar-refractivity contribution >= 4 is 11.8 Å². The highest BCUT2D eigenvalue weighted by Gasteiger charge is 2.19. The molecule has 1 aliphatic heterocycles. The zero-order chi connectivity index (χ0) is 15.1. The number of aryl methyl sites for hydroxylation is 1. The van der Waals surface area contributed by atoms with E-state index in [2.05, 4.69) is 10.3 Å². The van der Waals surface area contributed by atoms with Crippen LogP contribution in [-0.4, -0.2) is 66.4 Å². The van der Waals surface area contributed by atoms with Gasteiger partial charge in [-0.2, -0.15) is 0 Å². The number of pyridine rings is 1. The molecule has 2 rings (SSSR count). The molecular weight excluding hydrogens is 268 g/mol. The third-order valence-corrected chi connectivity index (χ3v) is 3.59. The van der Waals surface area contributed by atoms with Crippen LogP contribution in [0.3, 0.4) is 0 Å². The van der Waals surface area contributed by atoms with Crippen molar-refractivity contribution in [1.29, 1.82) is 0 Å². The van der Waals surface area contributed by atoms with Crippen LogP contribution in [0.15, 0.2) is 24.4 Å². The number of aromatic nitrogens is 1. The smallest absolute Gasteiger partial charge is 0.242 e. The Bertz CT molecular complexity index is 472. The number of nitrogens with one attached hydrogen (secondary N) is 1. The summed E-state index contributed by atoms with van der Waals surface area (Å²) in [6.07, 6.45) is 2.70. The van der Waals surface area contributed by atoms with Crippen LogP contribution in [0.4, 0.5) is 0 Å². The second kappa shape index (κ2) is 7.73. The van der Waals surface area contributed by atoms with Gasteiger partial charge in [0.25, 0.3) is 0 Å². The minimum Gasteiger partial charge on any atom is -0.339 e. The molecule has 0 saturated carbocycles. The van der Waals surface area contributed by atoms with Gasteiger partial charge in [-0.15, -0.1) is 0 Å². The SMILES string of the molecule is CN(CC(=O)N1CCNCC1)C(=O)CCc1ccccn1. The molecule has 1 saturated heterocycles. The summed E-state index contributed by atoms with van der Waals surface area (Å²) in [6.45, 7) is 3.23.